The van der Waals surface area contributed by atoms with E-state index in [2.05, 4.69) is 46.3 Å². The fraction of sp³-hybridized carbons (Fsp3) is 0. The normalized spacial score (nSPS) is 16.0. The van der Waals surface area contributed by atoms with Crippen LogP contribution < -0.4 is 4.90 Å². The summed E-state index contributed by atoms with van der Waals surface area (Å²) in [5.74, 6) is 0.551. The molecule has 3 aromatic carbocycles. The van der Waals surface area contributed by atoms with E-state index in [1.807, 2.05) is 72.8 Å². The van der Waals surface area contributed by atoms with E-state index in [1.165, 1.54) is 0 Å². The van der Waals surface area contributed by atoms with Crippen molar-refractivity contribution in [1.82, 2.24) is 4.90 Å². The summed E-state index contributed by atoms with van der Waals surface area (Å²) in [5, 5.41) is 0. The second-order valence-corrected chi connectivity index (χ2v) is 6.97. The number of carbonyl (C=O) groups excluding carboxylic acids is 1. The van der Waals surface area contributed by atoms with Crippen LogP contribution in [-0.4, -0.2) is 16.6 Å². The zero-order valence-electron chi connectivity index (χ0n) is 16.2. The van der Waals surface area contributed by atoms with E-state index in [0.717, 1.165) is 22.6 Å². The first kappa shape index (κ1) is 17.9. The molecule has 0 bridgehead atoms. The number of nitrogens with zero attached hydrogens (tertiary/aromatic N) is 3. The summed E-state index contributed by atoms with van der Waals surface area (Å²) in [6.45, 7) is 0. The molecule has 2 aliphatic heterocycles. The molecule has 0 aliphatic carbocycles. The minimum absolute atomic E-state index is 0.107. The molecule has 4 heteroatoms. The van der Waals surface area contributed by atoms with Crippen molar-refractivity contribution < 1.29 is 4.79 Å². The number of amides is 1. The van der Waals surface area contributed by atoms with Gasteiger partial charge in [-0.1, -0.05) is 54.6 Å². The number of carbonyl (C=O) groups is 1. The predicted octanol–water partition coefficient (Wildman–Crippen LogP) is 5.82. The third kappa shape index (κ3) is 3.35. The monoisotopic (exact) mass is 389 g/mol. The van der Waals surface area contributed by atoms with E-state index in [1.54, 1.807) is 11.1 Å². The van der Waals surface area contributed by atoms with E-state index in [-0.39, 0.29) is 5.91 Å². The van der Waals surface area contributed by atoms with Crippen LogP contribution in [0.2, 0.25) is 0 Å². The van der Waals surface area contributed by atoms with Crippen LogP contribution in [0.5, 0.6) is 0 Å². The minimum atomic E-state index is -0.107. The maximum absolute atomic E-state index is 12.5. The van der Waals surface area contributed by atoms with E-state index >= 15 is 0 Å². The molecule has 0 N–H and O–H groups in total. The molecule has 0 atom stereocenters. The number of anilines is 3. The molecule has 1 amide bonds. The number of benzene rings is 3. The molecule has 30 heavy (non-hydrogen) atoms. The van der Waals surface area contributed by atoms with Crippen molar-refractivity contribution in [3.8, 4) is 0 Å². The molecule has 0 saturated carbocycles. The predicted molar refractivity (Wildman–Crippen MR) is 122 cm³/mol. The number of aliphatic imine (C=N–C) groups is 1. The highest BCUT2D eigenvalue weighted by atomic mass is 16.2. The van der Waals surface area contributed by atoms with Gasteiger partial charge < -0.3 is 4.90 Å². The Bertz CT molecular complexity index is 1150. The van der Waals surface area contributed by atoms with Crippen molar-refractivity contribution in [3.05, 3.63) is 121 Å². The molecule has 144 valence electrons. The fourth-order valence-corrected chi connectivity index (χ4v) is 3.56. The molecule has 0 spiro atoms. The van der Waals surface area contributed by atoms with Crippen molar-refractivity contribution in [1.29, 1.82) is 0 Å². The summed E-state index contributed by atoms with van der Waals surface area (Å²) in [7, 11) is 0. The first-order valence-corrected chi connectivity index (χ1v) is 9.79. The lowest BCUT2D eigenvalue weighted by molar-refractivity contribution is -0.120. The van der Waals surface area contributed by atoms with Gasteiger partial charge in [-0.05, 0) is 60.2 Å². The molecule has 2 aliphatic rings. The number of amidine groups is 1. The summed E-state index contributed by atoms with van der Waals surface area (Å²) >= 11 is 0. The Kier molecular flexibility index (Phi) is 4.58. The highest BCUT2D eigenvalue weighted by Gasteiger charge is 2.27. The lowest BCUT2D eigenvalue weighted by atomic mass is 10.1. The number of hydrogen-bond acceptors (Lipinski definition) is 3. The highest BCUT2D eigenvalue weighted by Crippen LogP contribution is 2.34. The van der Waals surface area contributed by atoms with E-state index < -0.39 is 0 Å². The van der Waals surface area contributed by atoms with Gasteiger partial charge in [-0.15, -0.1) is 0 Å². The standard InChI is InChI=1S/C26H19N3O/c30-26-24(27-25-13-7-8-18-28(25)26)19-20-14-16-23(17-15-20)29(21-9-3-1-4-10-21)22-11-5-2-6-12-22/h1-19H. The van der Waals surface area contributed by atoms with Gasteiger partial charge in [0.05, 0.1) is 0 Å². The number of hydrogen-bond donors (Lipinski definition) is 0. The summed E-state index contributed by atoms with van der Waals surface area (Å²) < 4.78 is 0. The molecule has 0 radical (unpaired) electrons. The Morgan fingerprint density at radius 3 is 1.93 bits per heavy atom. The first-order chi connectivity index (χ1) is 14.8. The fourth-order valence-electron chi connectivity index (χ4n) is 3.56. The van der Waals surface area contributed by atoms with Crippen LogP contribution in [0.15, 0.2) is 120 Å². The molecule has 0 unspecified atom stereocenters. The van der Waals surface area contributed by atoms with E-state index in [0.29, 0.717) is 11.5 Å². The minimum Gasteiger partial charge on any atom is -0.311 e. The third-order valence-corrected chi connectivity index (χ3v) is 4.99. The van der Waals surface area contributed by atoms with Crippen LogP contribution >= 0.6 is 0 Å². The van der Waals surface area contributed by atoms with Gasteiger partial charge in [-0.25, -0.2) is 4.99 Å². The Morgan fingerprint density at radius 2 is 1.33 bits per heavy atom. The molecule has 0 fully saturated rings. The Balaban J connectivity index is 1.48. The molecular formula is C26H19N3O. The average molecular weight is 389 g/mol. The van der Waals surface area contributed by atoms with E-state index in [9.17, 15) is 4.79 Å². The van der Waals surface area contributed by atoms with Crippen molar-refractivity contribution in [2.75, 3.05) is 4.90 Å². The second-order valence-electron chi connectivity index (χ2n) is 6.97. The largest absolute Gasteiger partial charge is 0.311 e. The van der Waals surface area contributed by atoms with Gasteiger partial charge >= 0.3 is 0 Å². The average Bonchev–Trinajstić information content (AvgIpc) is 3.12. The van der Waals surface area contributed by atoms with Gasteiger partial charge in [0, 0.05) is 23.3 Å². The van der Waals surface area contributed by atoms with Gasteiger partial charge in [-0.2, -0.15) is 0 Å². The van der Waals surface area contributed by atoms with Crippen LogP contribution in [0, 0.1) is 0 Å². The molecule has 3 aromatic rings. The Hall–Kier alpha value is -4.18. The lowest BCUT2D eigenvalue weighted by Crippen LogP contribution is -2.26. The molecule has 0 saturated heterocycles. The third-order valence-electron chi connectivity index (χ3n) is 4.99. The van der Waals surface area contributed by atoms with Crippen LogP contribution in [0.1, 0.15) is 5.56 Å². The quantitative estimate of drug-likeness (QED) is 0.527. The summed E-state index contributed by atoms with van der Waals surface area (Å²) in [6, 6.07) is 28.7. The first-order valence-electron chi connectivity index (χ1n) is 9.79. The summed E-state index contributed by atoms with van der Waals surface area (Å²) in [6.07, 6.45) is 9.11. The van der Waals surface area contributed by atoms with Crippen LogP contribution in [-0.2, 0) is 4.79 Å². The number of allylic oxidation sites excluding steroid dienone is 2. The van der Waals surface area contributed by atoms with Gasteiger partial charge in [0.1, 0.15) is 11.5 Å². The SMILES string of the molecule is O=C1C(=Cc2ccc(N(c3ccccc3)c3ccccc3)cc2)N=C2C=CC=CN12. The van der Waals surface area contributed by atoms with Crippen molar-refractivity contribution >= 4 is 34.9 Å². The van der Waals surface area contributed by atoms with Crippen molar-refractivity contribution in [2.45, 2.75) is 0 Å². The molecular weight excluding hydrogens is 370 g/mol. The van der Waals surface area contributed by atoms with Gasteiger partial charge in [-0.3, -0.25) is 9.69 Å². The van der Waals surface area contributed by atoms with Gasteiger partial charge in [0.2, 0.25) is 0 Å². The molecule has 5 rings (SSSR count). The van der Waals surface area contributed by atoms with Crippen LogP contribution in [0.3, 0.4) is 0 Å². The topological polar surface area (TPSA) is 35.9 Å². The van der Waals surface area contributed by atoms with Crippen LogP contribution in [0.4, 0.5) is 17.1 Å². The zero-order chi connectivity index (χ0) is 20.3. The zero-order valence-corrected chi connectivity index (χ0v) is 16.2. The smallest absolute Gasteiger partial charge is 0.282 e. The number of rotatable bonds is 4. The van der Waals surface area contributed by atoms with Crippen LogP contribution in [0.25, 0.3) is 6.08 Å². The molecule has 2 heterocycles. The summed E-state index contributed by atoms with van der Waals surface area (Å²) in [4.78, 5) is 20.7. The van der Waals surface area contributed by atoms with E-state index in [4.69, 9.17) is 0 Å². The second kappa shape index (κ2) is 7.68. The summed E-state index contributed by atoms with van der Waals surface area (Å²) in [5.41, 5.74) is 4.59. The number of para-hydroxylation sites is 2. The molecule has 4 nitrogen and oxygen atoms in total. The maximum Gasteiger partial charge on any atom is 0.282 e. The van der Waals surface area contributed by atoms with Gasteiger partial charge in [0.15, 0.2) is 0 Å². The van der Waals surface area contributed by atoms with Gasteiger partial charge in [0.25, 0.3) is 5.91 Å². The maximum atomic E-state index is 12.5. The Morgan fingerprint density at radius 1 is 0.733 bits per heavy atom. The lowest BCUT2D eigenvalue weighted by Gasteiger charge is -2.25. The molecule has 0 aromatic heterocycles. The van der Waals surface area contributed by atoms with Crippen molar-refractivity contribution in [3.63, 3.8) is 0 Å². The van der Waals surface area contributed by atoms with Crippen molar-refractivity contribution in [2.24, 2.45) is 4.99 Å². The number of fused-ring (bicyclic) bond motifs is 1. The highest BCUT2D eigenvalue weighted by molar-refractivity contribution is 6.19. The Labute approximate surface area is 175 Å².